The number of piperidine rings is 1. The van der Waals surface area contributed by atoms with Crippen molar-refractivity contribution < 1.29 is 9.59 Å². The van der Waals surface area contributed by atoms with E-state index in [1.807, 2.05) is 7.05 Å². The van der Waals surface area contributed by atoms with Crippen LogP contribution < -0.4 is 10.6 Å². The lowest BCUT2D eigenvalue weighted by atomic mass is 9.84. The lowest BCUT2D eigenvalue weighted by molar-refractivity contribution is -0.138. The van der Waals surface area contributed by atoms with Gasteiger partial charge in [-0.2, -0.15) is 0 Å². The average molecular weight is 350 g/mol. The van der Waals surface area contributed by atoms with Gasteiger partial charge in [-0.3, -0.25) is 9.59 Å². The summed E-state index contributed by atoms with van der Waals surface area (Å²) in [6, 6.07) is 0.290. The Balaban J connectivity index is 1.38. The van der Waals surface area contributed by atoms with Crippen molar-refractivity contribution >= 4 is 11.8 Å². The van der Waals surface area contributed by atoms with E-state index in [9.17, 15) is 9.59 Å². The first-order valence-corrected chi connectivity index (χ1v) is 10.4. The van der Waals surface area contributed by atoms with E-state index in [1.54, 1.807) is 0 Å². The molecule has 25 heavy (non-hydrogen) atoms. The Hall–Kier alpha value is -1.10. The van der Waals surface area contributed by atoms with E-state index in [0.29, 0.717) is 11.9 Å². The van der Waals surface area contributed by atoms with Crippen molar-refractivity contribution in [2.45, 2.75) is 70.3 Å². The molecule has 3 aliphatic rings. The van der Waals surface area contributed by atoms with Gasteiger partial charge in [-0.15, -0.1) is 0 Å². The van der Waals surface area contributed by atoms with Crippen LogP contribution in [0.4, 0.5) is 0 Å². The van der Waals surface area contributed by atoms with Gasteiger partial charge >= 0.3 is 0 Å². The molecule has 0 bridgehead atoms. The highest BCUT2D eigenvalue weighted by Gasteiger charge is 2.32. The van der Waals surface area contributed by atoms with Gasteiger partial charge in [-0.1, -0.05) is 12.8 Å². The Morgan fingerprint density at radius 2 is 1.52 bits per heavy atom. The Labute approximate surface area is 152 Å². The summed E-state index contributed by atoms with van der Waals surface area (Å²) < 4.78 is 0. The minimum atomic E-state index is 0.181. The van der Waals surface area contributed by atoms with Crippen LogP contribution in [0.25, 0.3) is 0 Å². The fraction of sp³-hybridized carbons (Fsp3) is 0.900. The lowest BCUT2D eigenvalue weighted by Crippen LogP contribution is -2.46. The molecule has 1 saturated heterocycles. The topological polar surface area (TPSA) is 61.4 Å². The molecule has 2 aliphatic carbocycles. The minimum Gasteiger partial charge on any atom is -0.353 e. The zero-order valence-corrected chi connectivity index (χ0v) is 15.8. The molecule has 1 heterocycles. The summed E-state index contributed by atoms with van der Waals surface area (Å²) in [6.07, 6.45) is 10.6. The predicted molar refractivity (Wildman–Crippen MR) is 99.1 cm³/mol. The minimum absolute atomic E-state index is 0.181. The van der Waals surface area contributed by atoms with Gasteiger partial charge in [0.25, 0.3) is 0 Å². The van der Waals surface area contributed by atoms with E-state index in [4.69, 9.17) is 0 Å². The molecule has 0 spiro atoms. The quantitative estimate of drug-likeness (QED) is 0.801. The summed E-state index contributed by atoms with van der Waals surface area (Å²) in [5.41, 5.74) is 0. The van der Waals surface area contributed by atoms with E-state index < -0.39 is 0 Å². The van der Waals surface area contributed by atoms with Gasteiger partial charge in [0.2, 0.25) is 11.8 Å². The Morgan fingerprint density at radius 1 is 0.880 bits per heavy atom. The number of nitrogens with one attached hydrogen (secondary N) is 2. The summed E-state index contributed by atoms with van der Waals surface area (Å²) in [6.45, 7) is 2.90. The highest BCUT2D eigenvalue weighted by molar-refractivity contribution is 5.80. The number of likely N-dealkylation sites (tertiary alicyclic amines) is 1. The van der Waals surface area contributed by atoms with E-state index in [1.165, 1.54) is 12.8 Å². The van der Waals surface area contributed by atoms with Gasteiger partial charge in [0, 0.05) is 31.0 Å². The smallest absolute Gasteiger partial charge is 0.225 e. The molecule has 0 aromatic carbocycles. The standard InChI is InChI=1S/C20H35N3O2/c1-21-14-15-10-12-23(13-11-15)20(25)17-6-8-18(9-7-17)22-19(24)16-4-2-3-5-16/h15-18,21H,2-14H2,1H3,(H,22,24). The Kier molecular flexibility index (Phi) is 6.74. The zero-order chi connectivity index (χ0) is 17.6. The van der Waals surface area contributed by atoms with Gasteiger partial charge in [0.1, 0.15) is 0 Å². The molecule has 2 saturated carbocycles. The van der Waals surface area contributed by atoms with Crippen LogP contribution in [0.3, 0.4) is 0 Å². The summed E-state index contributed by atoms with van der Waals surface area (Å²) in [4.78, 5) is 27.1. The Morgan fingerprint density at radius 3 is 2.12 bits per heavy atom. The number of amides is 2. The molecule has 1 aliphatic heterocycles. The van der Waals surface area contributed by atoms with Gasteiger partial charge in [0.15, 0.2) is 0 Å². The SMILES string of the molecule is CNCC1CCN(C(=O)C2CCC(NC(=O)C3CCCC3)CC2)CC1. The van der Waals surface area contributed by atoms with E-state index in [2.05, 4.69) is 15.5 Å². The largest absolute Gasteiger partial charge is 0.353 e. The highest BCUT2D eigenvalue weighted by Crippen LogP contribution is 2.29. The Bertz CT molecular complexity index is 446. The van der Waals surface area contributed by atoms with Crippen molar-refractivity contribution in [1.82, 2.24) is 15.5 Å². The van der Waals surface area contributed by atoms with Crippen LogP contribution in [0.1, 0.15) is 64.2 Å². The molecule has 5 heteroatoms. The third-order valence-corrected chi connectivity index (χ3v) is 6.57. The molecule has 0 radical (unpaired) electrons. The molecule has 5 nitrogen and oxygen atoms in total. The summed E-state index contributed by atoms with van der Waals surface area (Å²) in [5.74, 6) is 1.77. The second kappa shape index (κ2) is 9.02. The molecule has 0 aromatic rings. The highest BCUT2D eigenvalue weighted by atomic mass is 16.2. The second-order valence-corrected chi connectivity index (χ2v) is 8.36. The second-order valence-electron chi connectivity index (χ2n) is 8.36. The van der Waals surface area contributed by atoms with Gasteiger partial charge in [-0.05, 0) is 70.9 Å². The molecule has 0 unspecified atom stereocenters. The molecule has 2 amide bonds. The van der Waals surface area contributed by atoms with E-state index in [0.717, 1.165) is 76.9 Å². The van der Waals surface area contributed by atoms with Crippen LogP contribution in [0.5, 0.6) is 0 Å². The fourth-order valence-electron chi connectivity index (χ4n) is 4.90. The van der Waals surface area contributed by atoms with Crippen LogP contribution in [0.15, 0.2) is 0 Å². The number of hydrogen-bond acceptors (Lipinski definition) is 3. The number of carbonyl (C=O) groups excluding carboxylic acids is 2. The fourth-order valence-corrected chi connectivity index (χ4v) is 4.90. The van der Waals surface area contributed by atoms with Crippen molar-refractivity contribution in [2.75, 3.05) is 26.7 Å². The van der Waals surface area contributed by atoms with Crippen molar-refractivity contribution in [3.63, 3.8) is 0 Å². The molecule has 3 rings (SSSR count). The van der Waals surface area contributed by atoms with Crippen LogP contribution >= 0.6 is 0 Å². The third-order valence-electron chi connectivity index (χ3n) is 6.57. The zero-order valence-electron chi connectivity index (χ0n) is 15.8. The number of nitrogens with zero attached hydrogens (tertiary/aromatic N) is 1. The maximum atomic E-state index is 12.8. The number of hydrogen-bond donors (Lipinski definition) is 2. The van der Waals surface area contributed by atoms with Crippen LogP contribution in [0, 0.1) is 17.8 Å². The lowest BCUT2D eigenvalue weighted by Gasteiger charge is -2.36. The maximum absolute atomic E-state index is 12.8. The molecular formula is C20H35N3O2. The van der Waals surface area contributed by atoms with Crippen LogP contribution in [-0.2, 0) is 9.59 Å². The third kappa shape index (κ3) is 4.96. The van der Waals surface area contributed by atoms with E-state index in [-0.39, 0.29) is 17.7 Å². The first kappa shape index (κ1) is 18.7. The van der Waals surface area contributed by atoms with Gasteiger partial charge in [0.05, 0.1) is 0 Å². The van der Waals surface area contributed by atoms with E-state index >= 15 is 0 Å². The van der Waals surface area contributed by atoms with Crippen molar-refractivity contribution in [3.05, 3.63) is 0 Å². The molecular weight excluding hydrogens is 314 g/mol. The summed E-state index contributed by atoms with van der Waals surface area (Å²) >= 11 is 0. The van der Waals surface area contributed by atoms with Gasteiger partial charge < -0.3 is 15.5 Å². The molecule has 3 fully saturated rings. The van der Waals surface area contributed by atoms with Crippen molar-refractivity contribution in [2.24, 2.45) is 17.8 Å². The normalized spacial score (nSPS) is 28.9. The van der Waals surface area contributed by atoms with Crippen LogP contribution in [0.2, 0.25) is 0 Å². The molecule has 142 valence electrons. The van der Waals surface area contributed by atoms with Crippen molar-refractivity contribution in [1.29, 1.82) is 0 Å². The molecule has 0 atom stereocenters. The first-order chi connectivity index (χ1) is 12.2. The number of carbonyl (C=O) groups is 2. The van der Waals surface area contributed by atoms with Gasteiger partial charge in [-0.25, -0.2) is 0 Å². The maximum Gasteiger partial charge on any atom is 0.225 e. The molecule has 0 aromatic heterocycles. The monoisotopic (exact) mass is 349 g/mol. The number of rotatable bonds is 5. The first-order valence-electron chi connectivity index (χ1n) is 10.4. The molecule has 2 N–H and O–H groups in total. The summed E-state index contributed by atoms with van der Waals surface area (Å²) in [7, 11) is 2.00. The van der Waals surface area contributed by atoms with Crippen molar-refractivity contribution in [3.8, 4) is 0 Å². The average Bonchev–Trinajstić information content (AvgIpc) is 3.18. The van der Waals surface area contributed by atoms with Crippen LogP contribution in [-0.4, -0.2) is 49.4 Å². The summed E-state index contributed by atoms with van der Waals surface area (Å²) in [5, 5.41) is 6.50. The predicted octanol–water partition coefficient (Wildman–Crippen LogP) is 2.31.